The van der Waals surface area contributed by atoms with Crippen molar-refractivity contribution >= 4 is 17.5 Å². The molecular weight excluding hydrogens is 227 g/mol. The van der Waals surface area contributed by atoms with Crippen LogP contribution in [0.1, 0.15) is 5.56 Å². The molecule has 2 rings (SSSR count). The summed E-state index contributed by atoms with van der Waals surface area (Å²) in [6.07, 6.45) is 0. The average Bonchev–Trinajstić information content (AvgIpc) is 2.27. The van der Waals surface area contributed by atoms with Gasteiger partial charge < -0.3 is 10.0 Å². The molecule has 0 aromatic heterocycles. The van der Waals surface area contributed by atoms with Crippen LogP contribution in [0.4, 0.5) is 10.1 Å². The molecule has 0 radical (unpaired) electrons. The highest BCUT2D eigenvalue weighted by atomic mass is 19.1. The molecule has 5 nitrogen and oxygen atoms in total. The highest BCUT2D eigenvalue weighted by molar-refractivity contribution is 6.02. The van der Waals surface area contributed by atoms with Gasteiger partial charge in [-0.1, -0.05) is 0 Å². The summed E-state index contributed by atoms with van der Waals surface area (Å²) in [4.78, 5) is 23.9. The quantitative estimate of drug-likeness (QED) is 0.699. The van der Waals surface area contributed by atoms with Gasteiger partial charge in [0.15, 0.2) is 0 Å². The van der Waals surface area contributed by atoms with Crippen molar-refractivity contribution in [3.05, 3.63) is 29.6 Å². The lowest BCUT2D eigenvalue weighted by atomic mass is 10.1. The number of anilines is 1. The third-order valence-corrected chi connectivity index (χ3v) is 2.50. The summed E-state index contributed by atoms with van der Waals surface area (Å²) < 4.78 is 13.0. The van der Waals surface area contributed by atoms with Crippen LogP contribution in [-0.2, 0) is 16.2 Å². The minimum atomic E-state index is -0.467. The van der Waals surface area contributed by atoms with E-state index in [1.54, 1.807) is 0 Å². The monoisotopic (exact) mass is 238 g/mol. The lowest BCUT2D eigenvalue weighted by Gasteiger charge is -2.28. The van der Waals surface area contributed by atoms with Crippen LogP contribution in [0.2, 0.25) is 0 Å². The molecule has 2 N–H and O–H groups in total. The third-order valence-electron chi connectivity index (χ3n) is 2.50. The van der Waals surface area contributed by atoms with Crippen LogP contribution >= 0.6 is 0 Å². The number of benzene rings is 1. The zero-order chi connectivity index (χ0) is 12.4. The number of nitrogens with one attached hydrogen (secondary N) is 1. The van der Waals surface area contributed by atoms with Crippen molar-refractivity contribution in [2.45, 2.75) is 6.61 Å². The summed E-state index contributed by atoms with van der Waals surface area (Å²) in [5.74, 6) is -1.28. The number of rotatable bonds is 2. The molecule has 0 saturated carbocycles. The third kappa shape index (κ3) is 2.42. The number of hydrogen-bond acceptors (Lipinski definition) is 4. The number of nitrogens with zero attached hydrogens (tertiary/aromatic N) is 1. The predicted octanol–water partition coefficient (Wildman–Crippen LogP) is -0.219. The molecule has 1 fully saturated rings. The van der Waals surface area contributed by atoms with Gasteiger partial charge in [0, 0.05) is 11.3 Å². The highest BCUT2D eigenvalue weighted by Gasteiger charge is 2.24. The fraction of sp³-hybridized carbons (Fsp3) is 0.273. The Morgan fingerprint density at radius 3 is 2.53 bits per heavy atom. The largest absolute Gasteiger partial charge is 0.392 e. The Hall–Kier alpha value is -1.95. The second kappa shape index (κ2) is 4.50. The molecule has 90 valence electrons. The fourth-order valence-corrected chi connectivity index (χ4v) is 1.80. The second-order valence-electron chi connectivity index (χ2n) is 3.76. The van der Waals surface area contributed by atoms with Crippen LogP contribution in [0.15, 0.2) is 18.2 Å². The van der Waals surface area contributed by atoms with Gasteiger partial charge in [-0.2, -0.15) is 0 Å². The molecule has 17 heavy (non-hydrogen) atoms. The van der Waals surface area contributed by atoms with Crippen molar-refractivity contribution in [2.24, 2.45) is 0 Å². The Kier molecular flexibility index (Phi) is 3.06. The molecule has 0 unspecified atom stereocenters. The van der Waals surface area contributed by atoms with Crippen LogP contribution in [0.25, 0.3) is 0 Å². The zero-order valence-electron chi connectivity index (χ0n) is 8.94. The van der Waals surface area contributed by atoms with Crippen LogP contribution in [0, 0.1) is 5.82 Å². The lowest BCUT2D eigenvalue weighted by Crippen LogP contribution is -2.51. The SMILES string of the molecule is O=C1CN(c2ccc(F)cc2CO)CC(=O)N1. The van der Waals surface area contributed by atoms with Gasteiger partial charge in [-0.25, -0.2) is 4.39 Å². The summed E-state index contributed by atoms with van der Waals surface area (Å²) in [5.41, 5.74) is 0.851. The average molecular weight is 238 g/mol. The molecule has 0 aliphatic carbocycles. The molecule has 0 bridgehead atoms. The molecule has 0 atom stereocenters. The van der Waals surface area contributed by atoms with Gasteiger partial charge in [-0.05, 0) is 18.2 Å². The van der Waals surface area contributed by atoms with Crippen LogP contribution in [0.3, 0.4) is 0 Å². The molecule has 1 aliphatic heterocycles. The summed E-state index contributed by atoms with van der Waals surface area (Å²) >= 11 is 0. The molecule has 1 aliphatic rings. The lowest BCUT2D eigenvalue weighted by molar-refractivity contribution is -0.130. The smallest absolute Gasteiger partial charge is 0.246 e. The molecule has 1 aromatic rings. The summed E-state index contributed by atoms with van der Waals surface area (Å²) in [6.45, 7) is -0.311. The van der Waals surface area contributed by atoms with E-state index in [4.69, 9.17) is 5.11 Å². The molecule has 1 saturated heterocycles. The van der Waals surface area contributed by atoms with Crippen LogP contribution in [-0.4, -0.2) is 30.0 Å². The molecule has 1 heterocycles. The first-order valence-corrected chi connectivity index (χ1v) is 5.07. The minimum Gasteiger partial charge on any atom is -0.392 e. The topological polar surface area (TPSA) is 69.6 Å². The fourth-order valence-electron chi connectivity index (χ4n) is 1.80. The van der Waals surface area contributed by atoms with E-state index in [-0.39, 0.29) is 19.7 Å². The normalized spacial score (nSPS) is 16.0. The Labute approximate surface area is 96.8 Å². The van der Waals surface area contributed by atoms with E-state index in [1.807, 2.05) is 0 Å². The summed E-state index contributed by atoms with van der Waals surface area (Å²) in [7, 11) is 0. The van der Waals surface area contributed by atoms with Gasteiger partial charge >= 0.3 is 0 Å². The molecule has 0 spiro atoms. The number of piperazine rings is 1. The van der Waals surface area contributed by atoms with Crippen molar-refractivity contribution in [1.82, 2.24) is 5.32 Å². The van der Waals surface area contributed by atoms with Crippen molar-refractivity contribution in [1.29, 1.82) is 0 Å². The number of aliphatic hydroxyl groups excluding tert-OH is 1. The van der Waals surface area contributed by atoms with Gasteiger partial charge in [0.05, 0.1) is 19.7 Å². The molecule has 6 heteroatoms. The van der Waals surface area contributed by atoms with E-state index >= 15 is 0 Å². The Bertz CT molecular complexity index is 460. The zero-order valence-corrected chi connectivity index (χ0v) is 8.94. The van der Waals surface area contributed by atoms with E-state index < -0.39 is 17.6 Å². The Morgan fingerprint density at radius 1 is 1.29 bits per heavy atom. The van der Waals surface area contributed by atoms with E-state index in [0.29, 0.717) is 11.3 Å². The summed E-state index contributed by atoms with van der Waals surface area (Å²) in [6, 6.07) is 3.87. The van der Waals surface area contributed by atoms with E-state index in [9.17, 15) is 14.0 Å². The Morgan fingerprint density at radius 2 is 1.94 bits per heavy atom. The number of hydrogen-bond donors (Lipinski definition) is 2. The maximum absolute atomic E-state index is 13.0. The number of imide groups is 1. The van der Waals surface area contributed by atoms with Gasteiger partial charge in [-0.3, -0.25) is 14.9 Å². The first-order valence-electron chi connectivity index (χ1n) is 5.07. The van der Waals surface area contributed by atoms with Crippen LogP contribution in [0.5, 0.6) is 0 Å². The maximum Gasteiger partial charge on any atom is 0.246 e. The van der Waals surface area contributed by atoms with Crippen molar-refractivity contribution in [2.75, 3.05) is 18.0 Å². The van der Waals surface area contributed by atoms with Crippen molar-refractivity contribution in [3.8, 4) is 0 Å². The molecule has 1 aromatic carbocycles. The first kappa shape index (κ1) is 11.5. The first-order chi connectivity index (χ1) is 8.10. The van der Waals surface area contributed by atoms with Crippen molar-refractivity contribution in [3.63, 3.8) is 0 Å². The minimum absolute atomic E-state index is 0.0182. The standard InChI is InChI=1S/C11H11FN2O3/c12-8-1-2-9(7(3-8)6-15)14-4-10(16)13-11(17)5-14/h1-3,15H,4-6H2,(H,13,16,17). The maximum atomic E-state index is 13.0. The number of carbonyl (C=O) groups excluding carboxylic acids is 2. The van der Waals surface area contributed by atoms with Gasteiger partial charge in [0.1, 0.15) is 5.82 Å². The number of aliphatic hydroxyl groups is 1. The van der Waals surface area contributed by atoms with Crippen LogP contribution < -0.4 is 10.2 Å². The second-order valence-corrected chi connectivity index (χ2v) is 3.76. The van der Waals surface area contributed by atoms with E-state index in [1.165, 1.54) is 23.1 Å². The summed E-state index contributed by atoms with van der Waals surface area (Å²) in [5, 5.41) is 11.3. The number of halogens is 1. The van der Waals surface area contributed by atoms with Crippen molar-refractivity contribution < 1.29 is 19.1 Å². The Balaban J connectivity index is 2.32. The van der Waals surface area contributed by atoms with Gasteiger partial charge in [0.25, 0.3) is 0 Å². The molecule has 2 amide bonds. The van der Waals surface area contributed by atoms with E-state index in [2.05, 4.69) is 5.32 Å². The van der Waals surface area contributed by atoms with E-state index in [0.717, 1.165) is 0 Å². The van der Waals surface area contributed by atoms with Gasteiger partial charge in [0.2, 0.25) is 11.8 Å². The van der Waals surface area contributed by atoms with Gasteiger partial charge in [-0.15, -0.1) is 0 Å². The predicted molar refractivity (Wildman–Crippen MR) is 57.7 cm³/mol. The number of carbonyl (C=O) groups is 2. The molecular formula is C11H11FN2O3. The number of amides is 2. The highest BCUT2D eigenvalue weighted by Crippen LogP contribution is 2.22.